The van der Waals surface area contributed by atoms with E-state index in [0.29, 0.717) is 19.0 Å². The van der Waals surface area contributed by atoms with E-state index in [-0.39, 0.29) is 12.1 Å². The summed E-state index contributed by atoms with van der Waals surface area (Å²) in [6.07, 6.45) is 6.97. The lowest BCUT2D eigenvalue weighted by molar-refractivity contribution is 0.149. The molecule has 1 atom stereocenters. The van der Waals surface area contributed by atoms with Crippen LogP contribution in [0.3, 0.4) is 0 Å². The highest BCUT2D eigenvalue weighted by Crippen LogP contribution is 2.43. The Morgan fingerprint density at radius 3 is 2.84 bits per heavy atom. The van der Waals surface area contributed by atoms with Crippen molar-refractivity contribution in [1.29, 1.82) is 0 Å². The van der Waals surface area contributed by atoms with Gasteiger partial charge in [0.05, 0.1) is 19.7 Å². The predicted octanol–water partition coefficient (Wildman–Crippen LogP) is 5.85. The zero-order valence-electron chi connectivity index (χ0n) is 19.1. The molecule has 2 amide bonds. The second-order valence-electron chi connectivity index (χ2n) is 9.12. The number of ether oxygens (including phenoxy) is 1. The number of aryl methyl sites for hydroxylation is 1. The molecule has 3 aromatic rings. The third-order valence-corrected chi connectivity index (χ3v) is 8.03. The average Bonchev–Trinajstić information content (AvgIpc) is 3.39. The summed E-state index contributed by atoms with van der Waals surface area (Å²) in [6.45, 7) is 5.56. The zero-order chi connectivity index (χ0) is 22.2. The smallest absolute Gasteiger partial charge is 0.318 e. The fourth-order valence-electron chi connectivity index (χ4n) is 5.18. The number of methoxy groups -OCH3 is 1. The number of amides is 2. The van der Waals surface area contributed by atoms with Crippen molar-refractivity contribution in [2.24, 2.45) is 5.92 Å². The number of carbonyl (C=O) groups is 1. The van der Waals surface area contributed by atoms with Crippen molar-refractivity contribution in [2.45, 2.75) is 58.7 Å². The molecule has 32 heavy (non-hydrogen) atoms. The number of carbonyl (C=O) groups excluding carboxylic acids is 1. The van der Waals surface area contributed by atoms with Crippen molar-refractivity contribution in [1.82, 2.24) is 14.8 Å². The molecule has 1 aliphatic carbocycles. The van der Waals surface area contributed by atoms with E-state index < -0.39 is 0 Å². The van der Waals surface area contributed by atoms with Crippen molar-refractivity contribution in [3.63, 3.8) is 0 Å². The highest BCUT2D eigenvalue weighted by atomic mass is 32.1. The number of benzene rings is 1. The molecular weight excluding hydrogens is 418 g/mol. The number of rotatable bonds is 4. The van der Waals surface area contributed by atoms with Gasteiger partial charge in [-0.1, -0.05) is 26.0 Å². The molecule has 0 bridgehead atoms. The van der Waals surface area contributed by atoms with Gasteiger partial charge < -0.3 is 19.5 Å². The van der Waals surface area contributed by atoms with E-state index in [0.717, 1.165) is 17.7 Å². The molecule has 1 N–H and O–H groups in total. The van der Waals surface area contributed by atoms with Gasteiger partial charge in [0.25, 0.3) is 0 Å². The molecule has 168 valence electrons. The molecule has 0 saturated carbocycles. The molecule has 6 heteroatoms. The van der Waals surface area contributed by atoms with Gasteiger partial charge in [-0.15, -0.1) is 11.3 Å². The average molecular weight is 450 g/mol. The normalized spacial score (nSPS) is 17.4. The standard InChI is InChI=1S/C26H31N3O2S/c1-17(2)24-22-11-7-13-28(22)25-21(20-10-4-5-12-23(20)32-25)16-29(24)26(30)27-15-18-8-6-9-19(14-18)31-3/h6-9,11,13-14,17,24H,4-5,10,12,15-16H2,1-3H3,(H,27,30). The van der Waals surface area contributed by atoms with Gasteiger partial charge in [0.1, 0.15) is 10.8 Å². The van der Waals surface area contributed by atoms with Gasteiger partial charge in [0, 0.05) is 28.9 Å². The summed E-state index contributed by atoms with van der Waals surface area (Å²) in [5.41, 5.74) is 5.08. The number of fused-ring (bicyclic) bond motifs is 5. The number of thiophene rings is 1. The van der Waals surface area contributed by atoms with Crippen LogP contribution in [0, 0.1) is 5.92 Å². The summed E-state index contributed by atoms with van der Waals surface area (Å²) in [7, 11) is 1.66. The number of hydrogen-bond donors (Lipinski definition) is 1. The molecule has 0 saturated heterocycles. The molecular formula is C26H31N3O2S. The van der Waals surface area contributed by atoms with Gasteiger partial charge in [-0.3, -0.25) is 0 Å². The van der Waals surface area contributed by atoms with Gasteiger partial charge in [-0.05, 0) is 67.0 Å². The minimum absolute atomic E-state index is 0.0112. The largest absolute Gasteiger partial charge is 0.497 e. The van der Waals surface area contributed by atoms with E-state index in [9.17, 15) is 4.79 Å². The van der Waals surface area contributed by atoms with Crippen LogP contribution in [0.2, 0.25) is 0 Å². The quantitative estimate of drug-likeness (QED) is 0.543. The van der Waals surface area contributed by atoms with Gasteiger partial charge >= 0.3 is 6.03 Å². The molecule has 1 aromatic carbocycles. The summed E-state index contributed by atoms with van der Waals surface area (Å²) in [6, 6.07) is 12.2. The maximum atomic E-state index is 13.6. The van der Waals surface area contributed by atoms with Crippen molar-refractivity contribution in [3.05, 3.63) is 69.9 Å². The van der Waals surface area contributed by atoms with Gasteiger partial charge in [-0.2, -0.15) is 0 Å². The van der Waals surface area contributed by atoms with Gasteiger partial charge in [0.2, 0.25) is 0 Å². The molecule has 5 nitrogen and oxygen atoms in total. The first-order chi connectivity index (χ1) is 15.6. The van der Waals surface area contributed by atoms with E-state index in [4.69, 9.17) is 4.74 Å². The molecule has 0 spiro atoms. The van der Waals surface area contributed by atoms with E-state index in [1.807, 2.05) is 35.6 Å². The van der Waals surface area contributed by atoms with Crippen LogP contribution in [0.25, 0.3) is 5.00 Å². The molecule has 2 aromatic heterocycles. The highest BCUT2D eigenvalue weighted by molar-refractivity contribution is 7.15. The second kappa shape index (κ2) is 8.66. The van der Waals surface area contributed by atoms with Crippen LogP contribution in [0.15, 0.2) is 42.6 Å². The Balaban J connectivity index is 1.49. The molecule has 1 aliphatic heterocycles. The number of nitrogens with one attached hydrogen (secondary N) is 1. The number of nitrogens with zero attached hydrogens (tertiary/aromatic N) is 2. The highest BCUT2D eigenvalue weighted by Gasteiger charge is 2.36. The Labute approximate surface area is 194 Å². The predicted molar refractivity (Wildman–Crippen MR) is 129 cm³/mol. The topological polar surface area (TPSA) is 46.5 Å². The SMILES string of the molecule is COc1cccc(CNC(=O)N2Cc3c(sc4c3CCCC4)-n3cccc3C2C(C)C)c1. The second-order valence-corrected chi connectivity index (χ2v) is 10.2. The molecule has 5 rings (SSSR count). The Morgan fingerprint density at radius 2 is 2.03 bits per heavy atom. The van der Waals surface area contributed by atoms with Crippen LogP contribution >= 0.6 is 11.3 Å². The van der Waals surface area contributed by atoms with E-state index >= 15 is 0 Å². The zero-order valence-corrected chi connectivity index (χ0v) is 19.9. The molecule has 0 radical (unpaired) electrons. The van der Waals surface area contributed by atoms with Crippen LogP contribution in [-0.2, 0) is 25.9 Å². The number of aromatic nitrogens is 1. The summed E-state index contributed by atoms with van der Waals surface area (Å²) in [4.78, 5) is 17.2. The Bertz CT molecular complexity index is 1130. The maximum Gasteiger partial charge on any atom is 0.318 e. The lowest BCUT2D eigenvalue weighted by Gasteiger charge is -2.33. The van der Waals surface area contributed by atoms with Crippen molar-refractivity contribution >= 4 is 17.4 Å². The first-order valence-electron chi connectivity index (χ1n) is 11.5. The fraction of sp³-hybridized carbons (Fsp3) is 0.423. The number of hydrogen-bond acceptors (Lipinski definition) is 3. The Kier molecular flexibility index (Phi) is 5.72. The Hall–Kier alpha value is -2.73. The third-order valence-electron chi connectivity index (χ3n) is 6.70. The molecule has 2 aliphatic rings. The lowest BCUT2D eigenvalue weighted by Crippen LogP contribution is -2.43. The maximum absolute atomic E-state index is 13.6. The summed E-state index contributed by atoms with van der Waals surface area (Å²) < 4.78 is 7.68. The van der Waals surface area contributed by atoms with Crippen LogP contribution in [0.5, 0.6) is 5.75 Å². The van der Waals surface area contributed by atoms with Crippen molar-refractivity contribution in [2.75, 3.05) is 7.11 Å². The Morgan fingerprint density at radius 1 is 1.19 bits per heavy atom. The van der Waals surface area contributed by atoms with Crippen LogP contribution in [-0.4, -0.2) is 22.6 Å². The van der Waals surface area contributed by atoms with Crippen molar-refractivity contribution < 1.29 is 9.53 Å². The minimum atomic E-state index is -0.0112. The molecule has 3 heterocycles. The summed E-state index contributed by atoms with van der Waals surface area (Å²) in [5.74, 6) is 1.11. The first kappa shape index (κ1) is 21.1. The van der Waals surface area contributed by atoms with Gasteiger partial charge in [0.15, 0.2) is 0 Å². The monoisotopic (exact) mass is 449 g/mol. The summed E-state index contributed by atoms with van der Waals surface area (Å²) >= 11 is 1.93. The van der Waals surface area contributed by atoms with Crippen molar-refractivity contribution in [3.8, 4) is 10.8 Å². The number of urea groups is 1. The minimum Gasteiger partial charge on any atom is -0.497 e. The van der Waals surface area contributed by atoms with Gasteiger partial charge in [-0.25, -0.2) is 4.79 Å². The van der Waals surface area contributed by atoms with Crippen LogP contribution in [0.4, 0.5) is 4.79 Å². The van der Waals surface area contributed by atoms with Crippen LogP contribution < -0.4 is 10.1 Å². The first-order valence-corrected chi connectivity index (χ1v) is 12.4. The van der Waals surface area contributed by atoms with E-state index in [1.54, 1.807) is 7.11 Å². The fourth-order valence-corrected chi connectivity index (χ4v) is 6.59. The lowest BCUT2D eigenvalue weighted by atomic mass is 9.94. The summed E-state index contributed by atoms with van der Waals surface area (Å²) in [5, 5.41) is 4.50. The molecule has 1 unspecified atom stereocenters. The van der Waals surface area contributed by atoms with E-state index in [1.165, 1.54) is 46.0 Å². The third kappa shape index (κ3) is 3.71. The van der Waals surface area contributed by atoms with Crippen LogP contribution in [0.1, 0.15) is 60.0 Å². The van der Waals surface area contributed by atoms with E-state index in [2.05, 4.69) is 47.0 Å². The molecule has 0 fully saturated rings.